The molecule has 0 fully saturated rings. The first-order valence-corrected chi connectivity index (χ1v) is 7.19. The van der Waals surface area contributed by atoms with Crippen LogP contribution in [0.15, 0.2) is 35.8 Å². The molecule has 0 saturated heterocycles. The van der Waals surface area contributed by atoms with E-state index in [1.807, 2.05) is 24.3 Å². The van der Waals surface area contributed by atoms with Crippen LogP contribution >= 0.6 is 11.3 Å². The van der Waals surface area contributed by atoms with E-state index in [4.69, 9.17) is 4.74 Å². The SMILES string of the molecule is COc1ccccc1CCNC(=O)C(=O)Nc1nccs1. The maximum atomic E-state index is 11.6. The summed E-state index contributed by atoms with van der Waals surface area (Å²) >= 11 is 1.25. The van der Waals surface area contributed by atoms with Gasteiger partial charge in [-0.1, -0.05) is 18.2 Å². The summed E-state index contributed by atoms with van der Waals surface area (Å²) in [6.07, 6.45) is 2.14. The van der Waals surface area contributed by atoms with Crippen LogP contribution in [0.4, 0.5) is 5.13 Å². The molecule has 0 aliphatic rings. The smallest absolute Gasteiger partial charge is 0.315 e. The van der Waals surface area contributed by atoms with Crippen molar-refractivity contribution in [3.05, 3.63) is 41.4 Å². The number of methoxy groups -OCH3 is 1. The first-order valence-electron chi connectivity index (χ1n) is 6.31. The number of thiazole rings is 1. The number of carbonyl (C=O) groups is 2. The van der Waals surface area contributed by atoms with E-state index >= 15 is 0 Å². The van der Waals surface area contributed by atoms with Crippen molar-refractivity contribution >= 4 is 28.3 Å². The van der Waals surface area contributed by atoms with Crippen LogP contribution in [0.5, 0.6) is 5.75 Å². The normalized spacial score (nSPS) is 9.95. The molecule has 7 heteroatoms. The summed E-state index contributed by atoms with van der Waals surface area (Å²) in [6, 6.07) is 7.55. The van der Waals surface area contributed by atoms with Gasteiger partial charge in [-0.2, -0.15) is 0 Å². The van der Waals surface area contributed by atoms with Gasteiger partial charge in [-0.05, 0) is 18.1 Å². The summed E-state index contributed by atoms with van der Waals surface area (Å²) in [4.78, 5) is 27.1. The number of hydrogen-bond donors (Lipinski definition) is 2. The Hall–Kier alpha value is -2.41. The topological polar surface area (TPSA) is 80.3 Å². The zero-order valence-corrected chi connectivity index (χ0v) is 12.3. The second kappa shape index (κ2) is 7.39. The van der Waals surface area contributed by atoms with E-state index in [-0.39, 0.29) is 0 Å². The van der Waals surface area contributed by atoms with E-state index in [0.29, 0.717) is 18.1 Å². The highest BCUT2D eigenvalue weighted by molar-refractivity contribution is 7.13. The standard InChI is InChI=1S/C14H15N3O3S/c1-20-11-5-3-2-4-10(11)6-7-15-12(18)13(19)17-14-16-8-9-21-14/h2-5,8-9H,6-7H2,1H3,(H,15,18)(H,16,17,19). The highest BCUT2D eigenvalue weighted by Gasteiger charge is 2.14. The third-order valence-electron chi connectivity index (χ3n) is 2.73. The monoisotopic (exact) mass is 305 g/mol. The van der Waals surface area contributed by atoms with Crippen LogP contribution in [-0.2, 0) is 16.0 Å². The Labute approximate surface area is 126 Å². The van der Waals surface area contributed by atoms with E-state index < -0.39 is 11.8 Å². The zero-order chi connectivity index (χ0) is 15.1. The number of hydrogen-bond acceptors (Lipinski definition) is 5. The van der Waals surface area contributed by atoms with Gasteiger partial charge in [-0.25, -0.2) is 4.98 Å². The highest BCUT2D eigenvalue weighted by Crippen LogP contribution is 2.17. The number of anilines is 1. The summed E-state index contributed by atoms with van der Waals surface area (Å²) < 4.78 is 5.22. The van der Waals surface area contributed by atoms with E-state index in [2.05, 4.69) is 15.6 Å². The lowest BCUT2D eigenvalue weighted by Crippen LogP contribution is -2.36. The van der Waals surface area contributed by atoms with Crippen molar-refractivity contribution in [2.24, 2.45) is 0 Å². The van der Waals surface area contributed by atoms with Gasteiger partial charge in [0.2, 0.25) is 0 Å². The Morgan fingerprint density at radius 1 is 1.29 bits per heavy atom. The molecule has 0 aliphatic carbocycles. The molecular formula is C14H15N3O3S. The van der Waals surface area contributed by atoms with Crippen molar-refractivity contribution in [1.29, 1.82) is 0 Å². The zero-order valence-electron chi connectivity index (χ0n) is 11.5. The number of carbonyl (C=O) groups excluding carboxylic acids is 2. The lowest BCUT2D eigenvalue weighted by molar-refractivity contribution is -0.136. The van der Waals surface area contributed by atoms with Gasteiger partial charge in [0.25, 0.3) is 0 Å². The Morgan fingerprint density at radius 2 is 2.10 bits per heavy atom. The van der Waals surface area contributed by atoms with Gasteiger partial charge in [0, 0.05) is 18.1 Å². The Kier molecular flexibility index (Phi) is 5.28. The van der Waals surface area contributed by atoms with E-state index in [0.717, 1.165) is 11.3 Å². The van der Waals surface area contributed by atoms with E-state index in [1.54, 1.807) is 18.7 Å². The molecular weight excluding hydrogens is 290 g/mol. The van der Waals surface area contributed by atoms with Gasteiger partial charge in [0.05, 0.1) is 7.11 Å². The first-order chi connectivity index (χ1) is 10.2. The van der Waals surface area contributed by atoms with Gasteiger partial charge >= 0.3 is 11.8 Å². The van der Waals surface area contributed by atoms with E-state index in [1.165, 1.54) is 11.3 Å². The number of benzene rings is 1. The Balaban J connectivity index is 1.80. The number of amides is 2. The Bertz CT molecular complexity index is 614. The molecule has 2 N–H and O–H groups in total. The van der Waals surface area contributed by atoms with Gasteiger partial charge in [-0.3, -0.25) is 14.9 Å². The summed E-state index contributed by atoms with van der Waals surface area (Å²) in [6.45, 7) is 0.352. The molecule has 0 bridgehead atoms. The first kappa shape index (κ1) is 15.0. The summed E-state index contributed by atoms with van der Waals surface area (Å²) in [5, 5.41) is 7.11. The van der Waals surface area contributed by atoms with Crippen molar-refractivity contribution in [1.82, 2.24) is 10.3 Å². The van der Waals surface area contributed by atoms with Crippen LogP contribution in [0.2, 0.25) is 0 Å². The number of para-hydroxylation sites is 1. The minimum absolute atomic E-state index is 0.352. The highest BCUT2D eigenvalue weighted by atomic mass is 32.1. The van der Waals surface area contributed by atoms with Gasteiger partial charge in [0.15, 0.2) is 5.13 Å². The average Bonchev–Trinajstić information content (AvgIpc) is 3.00. The van der Waals surface area contributed by atoms with Crippen LogP contribution in [0.1, 0.15) is 5.56 Å². The lowest BCUT2D eigenvalue weighted by Gasteiger charge is -2.08. The molecule has 2 rings (SSSR count). The van der Waals surface area contributed by atoms with Crippen molar-refractivity contribution in [3.63, 3.8) is 0 Å². The van der Waals surface area contributed by atoms with Crippen LogP contribution < -0.4 is 15.4 Å². The fraction of sp³-hybridized carbons (Fsp3) is 0.214. The second-order valence-electron chi connectivity index (χ2n) is 4.11. The lowest BCUT2D eigenvalue weighted by atomic mass is 10.1. The van der Waals surface area contributed by atoms with Crippen molar-refractivity contribution in [2.45, 2.75) is 6.42 Å². The molecule has 0 saturated carbocycles. The van der Waals surface area contributed by atoms with Crippen molar-refractivity contribution < 1.29 is 14.3 Å². The summed E-state index contributed by atoms with van der Waals surface area (Å²) in [7, 11) is 1.60. The summed E-state index contributed by atoms with van der Waals surface area (Å²) in [5.41, 5.74) is 0.973. The predicted octanol–water partition coefficient (Wildman–Crippen LogP) is 1.45. The van der Waals surface area contributed by atoms with Crippen molar-refractivity contribution in [2.75, 3.05) is 19.0 Å². The molecule has 0 spiro atoms. The van der Waals surface area contributed by atoms with Gasteiger partial charge in [-0.15, -0.1) is 11.3 Å². The third kappa shape index (κ3) is 4.28. The van der Waals surface area contributed by atoms with Crippen molar-refractivity contribution in [3.8, 4) is 5.75 Å². The van der Waals surface area contributed by atoms with Gasteiger partial charge in [0.1, 0.15) is 5.75 Å². The third-order valence-corrected chi connectivity index (χ3v) is 3.42. The molecule has 2 aromatic rings. The molecule has 1 heterocycles. The minimum Gasteiger partial charge on any atom is -0.496 e. The number of nitrogens with one attached hydrogen (secondary N) is 2. The molecule has 6 nitrogen and oxygen atoms in total. The number of aromatic nitrogens is 1. The number of nitrogens with zero attached hydrogens (tertiary/aromatic N) is 1. The molecule has 1 aromatic carbocycles. The molecule has 110 valence electrons. The molecule has 0 unspecified atom stereocenters. The maximum absolute atomic E-state index is 11.6. The minimum atomic E-state index is -0.718. The number of rotatable bonds is 5. The average molecular weight is 305 g/mol. The maximum Gasteiger partial charge on any atom is 0.315 e. The fourth-order valence-electron chi connectivity index (χ4n) is 1.74. The molecule has 21 heavy (non-hydrogen) atoms. The second-order valence-corrected chi connectivity index (χ2v) is 5.00. The van der Waals surface area contributed by atoms with Crippen LogP contribution in [0, 0.1) is 0 Å². The molecule has 1 aromatic heterocycles. The van der Waals surface area contributed by atoms with Crippen LogP contribution in [0.3, 0.4) is 0 Å². The quantitative estimate of drug-likeness (QED) is 0.819. The number of ether oxygens (including phenoxy) is 1. The largest absolute Gasteiger partial charge is 0.496 e. The summed E-state index contributed by atoms with van der Waals surface area (Å²) in [5.74, 6) is -0.635. The van der Waals surface area contributed by atoms with Crippen LogP contribution in [0.25, 0.3) is 0 Å². The molecule has 0 atom stereocenters. The predicted molar refractivity (Wildman–Crippen MR) is 80.5 cm³/mol. The van der Waals surface area contributed by atoms with Crippen LogP contribution in [-0.4, -0.2) is 30.5 Å². The Morgan fingerprint density at radius 3 is 2.81 bits per heavy atom. The van der Waals surface area contributed by atoms with E-state index in [9.17, 15) is 9.59 Å². The van der Waals surface area contributed by atoms with Gasteiger partial charge < -0.3 is 10.1 Å². The molecule has 0 radical (unpaired) electrons. The fourth-order valence-corrected chi connectivity index (χ4v) is 2.26. The molecule has 0 aliphatic heterocycles. The molecule has 2 amide bonds.